The number of hydrogen-bond acceptors (Lipinski definition) is 3. The van der Waals surface area contributed by atoms with Crippen molar-refractivity contribution in [1.82, 2.24) is 14.4 Å². The smallest absolute Gasteiger partial charge is 0.251 e. The zero-order valence-electron chi connectivity index (χ0n) is 5.64. The minimum absolute atomic E-state index is 0.296. The molecule has 2 aromatic rings. The van der Waals surface area contributed by atoms with Crippen molar-refractivity contribution in [2.75, 3.05) is 0 Å². The molecule has 0 atom stereocenters. The van der Waals surface area contributed by atoms with Gasteiger partial charge in [-0.2, -0.15) is 0 Å². The minimum Gasteiger partial charge on any atom is -0.251 e. The standard InChI is InChI=1S/C7H5N3O/c11-7-9-4-2-6-8-3-1-5-10(6)7/h1-5H. The summed E-state index contributed by atoms with van der Waals surface area (Å²) in [6.07, 6.45) is 4.72. The van der Waals surface area contributed by atoms with Crippen molar-refractivity contribution in [1.29, 1.82) is 0 Å². The first-order valence-electron chi connectivity index (χ1n) is 3.16. The Bertz CT molecular complexity index is 429. The van der Waals surface area contributed by atoms with Crippen LogP contribution in [0.2, 0.25) is 0 Å². The van der Waals surface area contributed by atoms with Crippen LogP contribution in [0.1, 0.15) is 0 Å². The molecule has 4 heteroatoms. The first kappa shape index (κ1) is 6.03. The molecule has 0 aliphatic rings. The lowest BCUT2D eigenvalue weighted by Gasteiger charge is -1.93. The van der Waals surface area contributed by atoms with Gasteiger partial charge >= 0.3 is 5.69 Å². The van der Waals surface area contributed by atoms with E-state index in [1.54, 1.807) is 24.5 Å². The normalized spacial score (nSPS) is 10.2. The van der Waals surface area contributed by atoms with Crippen LogP contribution < -0.4 is 5.69 Å². The van der Waals surface area contributed by atoms with E-state index >= 15 is 0 Å². The molecule has 0 N–H and O–H groups in total. The summed E-state index contributed by atoms with van der Waals surface area (Å²) in [7, 11) is 0. The average molecular weight is 147 g/mol. The van der Waals surface area contributed by atoms with Gasteiger partial charge in [-0.3, -0.25) is 4.40 Å². The van der Waals surface area contributed by atoms with E-state index in [-0.39, 0.29) is 5.69 Å². The number of fused-ring (bicyclic) bond motifs is 1. The van der Waals surface area contributed by atoms with Gasteiger partial charge in [0.15, 0.2) is 0 Å². The Morgan fingerprint density at radius 2 is 2.18 bits per heavy atom. The third kappa shape index (κ3) is 0.881. The van der Waals surface area contributed by atoms with Gasteiger partial charge in [0, 0.05) is 18.6 Å². The zero-order chi connectivity index (χ0) is 7.68. The topological polar surface area (TPSA) is 47.3 Å². The molecule has 0 saturated carbocycles. The fourth-order valence-electron chi connectivity index (χ4n) is 0.898. The number of aromatic nitrogens is 3. The first-order valence-corrected chi connectivity index (χ1v) is 3.16. The lowest BCUT2D eigenvalue weighted by Crippen LogP contribution is -2.15. The van der Waals surface area contributed by atoms with Crippen molar-refractivity contribution in [3.63, 3.8) is 0 Å². The van der Waals surface area contributed by atoms with E-state index in [9.17, 15) is 4.79 Å². The summed E-state index contributed by atoms with van der Waals surface area (Å²) in [5.74, 6) is 0. The van der Waals surface area contributed by atoms with Crippen LogP contribution >= 0.6 is 0 Å². The SMILES string of the molecule is O=c1nccc2ncccn12. The summed E-state index contributed by atoms with van der Waals surface area (Å²) in [6, 6.07) is 3.37. The van der Waals surface area contributed by atoms with Gasteiger partial charge in [0.25, 0.3) is 0 Å². The second-order valence-electron chi connectivity index (χ2n) is 2.08. The highest BCUT2D eigenvalue weighted by Gasteiger charge is 1.92. The predicted molar refractivity (Wildman–Crippen MR) is 39.3 cm³/mol. The highest BCUT2D eigenvalue weighted by atomic mass is 16.1. The fraction of sp³-hybridized carbons (Fsp3) is 0. The Labute approximate surface area is 62.2 Å². The van der Waals surface area contributed by atoms with E-state index in [1.807, 2.05) is 0 Å². The van der Waals surface area contributed by atoms with Gasteiger partial charge in [-0.05, 0) is 12.1 Å². The van der Waals surface area contributed by atoms with Crippen LogP contribution in [-0.4, -0.2) is 14.4 Å². The first-order chi connectivity index (χ1) is 5.38. The van der Waals surface area contributed by atoms with Crippen LogP contribution in [0, 0.1) is 0 Å². The molecule has 0 radical (unpaired) electrons. The summed E-state index contributed by atoms with van der Waals surface area (Å²) < 4.78 is 1.39. The molecule has 0 saturated heterocycles. The molecular weight excluding hydrogens is 142 g/mol. The van der Waals surface area contributed by atoms with Crippen molar-refractivity contribution in [2.24, 2.45) is 0 Å². The van der Waals surface area contributed by atoms with Crippen LogP contribution in [0.25, 0.3) is 5.65 Å². The van der Waals surface area contributed by atoms with E-state index in [0.29, 0.717) is 5.65 Å². The second kappa shape index (κ2) is 2.16. The number of hydrogen-bond donors (Lipinski definition) is 0. The highest BCUT2D eigenvalue weighted by Crippen LogP contribution is 1.89. The number of nitrogens with zero attached hydrogens (tertiary/aromatic N) is 3. The Hall–Kier alpha value is -1.71. The van der Waals surface area contributed by atoms with E-state index in [2.05, 4.69) is 9.97 Å². The maximum atomic E-state index is 11.0. The third-order valence-corrected chi connectivity index (χ3v) is 1.39. The largest absolute Gasteiger partial charge is 0.353 e. The molecule has 54 valence electrons. The molecule has 2 rings (SSSR count). The molecule has 0 aliphatic heterocycles. The molecule has 0 bridgehead atoms. The third-order valence-electron chi connectivity index (χ3n) is 1.39. The molecule has 0 fully saturated rings. The summed E-state index contributed by atoms with van der Waals surface area (Å²) in [5, 5.41) is 0. The van der Waals surface area contributed by atoms with Crippen molar-refractivity contribution in [3.05, 3.63) is 41.2 Å². The average Bonchev–Trinajstić information content (AvgIpc) is 2.06. The van der Waals surface area contributed by atoms with Crippen LogP contribution in [0.15, 0.2) is 35.5 Å². The van der Waals surface area contributed by atoms with Gasteiger partial charge in [0.2, 0.25) is 0 Å². The molecule has 0 aromatic carbocycles. The van der Waals surface area contributed by atoms with E-state index < -0.39 is 0 Å². The van der Waals surface area contributed by atoms with Crippen LogP contribution in [0.5, 0.6) is 0 Å². The molecule has 0 unspecified atom stereocenters. The number of rotatable bonds is 0. The minimum atomic E-state index is -0.296. The van der Waals surface area contributed by atoms with Crippen molar-refractivity contribution in [2.45, 2.75) is 0 Å². The highest BCUT2D eigenvalue weighted by molar-refractivity contribution is 5.34. The van der Waals surface area contributed by atoms with Crippen molar-refractivity contribution < 1.29 is 0 Å². The summed E-state index contributed by atoms with van der Waals surface area (Å²) >= 11 is 0. The summed E-state index contributed by atoms with van der Waals surface area (Å²) in [6.45, 7) is 0. The maximum absolute atomic E-state index is 11.0. The molecule has 0 amide bonds. The van der Waals surface area contributed by atoms with E-state index in [4.69, 9.17) is 0 Å². The van der Waals surface area contributed by atoms with Gasteiger partial charge in [0.05, 0.1) is 0 Å². The predicted octanol–water partition coefficient (Wildman–Crippen LogP) is 0.0895. The maximum Gasteiger partial charge on any atom is 0.353 e. The molecular formula is C7H5N3O. The van der Waals surface area contributed by atoms with Gasteiger partial charge in [-0.1, -0.05) is 0 Å². The molecule has 0 spiro atoms. The summed E-state index contributed by atoms with van der Waals surface area (Å²) in [5.41, 5.74) is 0.322. The summed E-state index contributed by atoms with van der Waals surface area (Å²) in [4.78, 5) is 18.5. The van der Waals surface area contributed by atoms with Crippen LogP contribution in [-0.2, 0) is 0 Å². The van der Waals surface area contributed by atoms with Crippen molar-refractivity contribution in [3.8, 4) is 0 Å². The lowest BCUT2D eigenvalue weighted by atomic mass is 10.5. The molecule has 4 nitrogen and oxygen atoms in total. The second-order valence-corrected chi connectivity index (χ2v) is 2.08. The Balaban J connectivity index is 3.03. The van der Waals surface area contributed by atoms with E-state index in [1.165, 1.54) is 10.6 Å². The van der Waals surface area contributed by atoms with Crippen LogP contribution in [0.3, 0.4) is 0 Å². The Kier molecular flexibility index (Phi) is 1.18. The zero-order valence-corrected chi connectivity index (χ0v) is 5.64. The van der Waals surface area contributed by atoms with Gasteiger partial charge in [-0.25, -0.2) is 14.8 Å². The van der Waals surface area contributed by atoms with Gasteiger partial charge in [-0.15, -0.1) is 0 Å². The van der Waals surface area contributed by atoms with E-state index in [0.717, 1.165) is 0 Å². The fourth-order valence-corrected chi connectivity index (χ4v) is 0.898. The molecule has 2 heterocycles. The molecule has 2 aromatic heterocycles. The van der Waals surface area contributed by atoms with Crippen LogP contribution in [0.4, 0.5) is 0 Å². The Morgan fingerprint density at radius 1 is 1.27 bits per heavy atom. The lowest BCUT2D eigenvalue weighted by molar-refractivity contribution is 0.966. The monoisotopic (exact) mass is 147 g/mol. The van der Waals surface area contributed by atoms with Gasteiger partial charge < -0.3 is 0 Å². The quantitative estimate of drug-likeness (QED) is 0.530. The molecule has 0 aliphatic carbocycles. The van der Waals surface area contributed by atoms with Gasteiger partial charge in [0.1, 0.15) is 5.65 Å². The molecule has 11 heavy (non-hydrogen) atoms. The van der Waals surface area contributed by atoms with Crippen molar-refractivity contribution >= 4 is 5.65 Å². The Morgan fingerprint density at radius 3 is 3.00 bits per heavy atom.